The van der Waals surface area contributed by atoms with Gasteiger partial charge >= 0.3 is 0 Å². The van der Waals surface area contributed by atoms with Crippen LogP contribution in [0.25, 0.3) is 0 Å². The quantitative estimate of drug-likeness (QED) is 0.445. The average Bonchev–Trinajstić information content (AvgIpc) is 1.62. The predicted molar refractivity (Wildman–Crippen MR) is 48.9 cm³/mol. The van der Waals surface area contributed by atoms with Gasteiger partial charge in [-0.05, 0) is 6.92 Å². The molecular formula is C7H11Cl3. The van der Waals surface area contributed by atoms with Gasteiger partial charge in [-0.2, -0.15) is 0 Å². The molecule has 0 N–H and O–H groups in total. The molecule has 3 heteroatoms. The third kappa shape index (κ3) is 2.05. The summed E-state index contributed by atoms with van der Waals surface area (Å²) in [6.45, 7) is 9.29. The van der Waals surface area contributed by atoms with Gasteiger partial charge in [0.25, 0.3) is 0 Å². The lowest BCUT2D eigenvalue weighted by Crippen LogP contribution is -2.29. The zero-order valence-corrected chi connectivity index (χ0v) is 8.61. The lowest BCUT2D eigenvalue weighted by atomic mass is 9.88. The molecule has 0 aromatic heterocycles. The Kier molecular flexibility index (Phi) is 3.10. The highest BCUT2D eigenvalue weighted by atomic mass is 35.6. The molecule has 0 bridgehead atoms. The first-order valence-electron chi connectivity index (χ1n) is 2.92. The second-order valence-corrected chi connectivity index (χ2v) is 5.18. The molecule has 0 aliphatic rings. The topological polar surface area (TPSA) is 0 Å². The lowest BCUT2D eigenvalue weighted by molar-refractivity contribution is 0.458. The van der Waals surface area contributed by atoms with Crippen LogP contribution in [-0.2, 0) is 0 Å². The van der Waals surface area contributed by atoms with Crippen LogP contribution in [0.15, 0.2) is 12.2 Å². The fourth-order valence-corrected chi connectivity index (χ4v) is 0.726. The van der Waals surface area contributed by atoms with Gasteiger partial charge in [-0.25, -0.2) is 0 Å². The van der Waals surface area contributed by atoms with E-state index in [0.29, 0.717) is 0 Å². The van der Waals surface area contributed by atoms with Crippen molar-refractivity contribution in [1.29, 1.82) is 0 Å². The Labute approximate surface area is 77.1 Å². The molecule has 0 aliphatic carbocycles. The third-order valence-electron chi connectivity index (χ3n) is 1.78. The molecule has 60 valence electrons. The molecule has 0 aromatic carbocycles. The minimum atomic E-state index is -1.27. The van der Waals surface area contributed by atoms with Crippen LogP contribution < -0.4 is 0 Å². The molecule has 0 amide bonds. The first kappa shape index (κ1) is 10.6. The molecule has 0 fully saturated rings. The van der Waals surface area contributed by atoms with Crippen molar-refractivity contribution in [3.8, 4) is 0 Å². The number of allylic oxidation sites excluding steroid dienone is 1. The first-order valence-corrected chi connectivity index (χ1v) is 4.05. The molecule has 0 saturated heterocycles. The summed E-state index contributed by atoms with van der Waals surface area (Å²) in [4.78, 5) is 0. The van der Waals surface area contributed by atoms with Crippen molar-refractivity contribution in [2.45, 2.75) is 24.6 Å². The zero-order chi connectivity index (χ0) is 8.58. The Morgan fingerprint density at radius 1 is 1.20 bits per heavy atom. The number of rotatable bonds is 1. The molecule has 0 nitrogen and oxygen atoms in total. The Morgan fingerprint density at radius 2 is 1.50 bits per heavy atom. The summed E-state index contributed by atoms with van der Waals surface area (Å²) in [5.41, 5.74) is 0.407. The van der Waals surface area contributed by atoms with Crippen molar-refractivity contribution in [3.63, 3.8) is 0 Å². The highest BCUT2D eigenvalue weighted by Gasteiger charge is 2.40. The van der Waals surface area contributed by atoms with Crippen LogP contribution in [0.2, 0.25) is 0 Å². The molecule has 0 unspecified atom stereocenters. The lowest BCUT2D eigenvalue weighted by Gasteiger charge is -2.32. The van der Waals surface area contributed by atoms with Gasteiger partial charge < -0.3 is 0 Å². The number of hydrogen-bond acceptors (Lipinski definition) is 0. The van der Waals surface area contributed by atoms with Crippen LogP contribution in [0.3, 0.4) is 0 Å². The van der Waals surface area contributed by atoms with Crippen molar-refractivity contribution in [1.82, 2.24) is 0 Å². The number of hydrogen-bond donors (Lipinski definition) is 0. The summed E-state index contributed by atoms with van der Waals surface area (Å²) >= 11 is 17.1. The molecule has 0 atom stereocenters. The van der Waals surface area contributed by atoms with Gasteiger partial charge in [0.15, 0.2) is 3.79 Å². The van der Waals surface area contributed by atoms with Crippen LogP contribution in [0.5, 0.6) is 0 Å². The van der Waals surface area contributed by atoms with E-state index in [2.05, 4.69) is 6.58 Å². The van der Waals surface area contributed by atoms with Crippen LogP contribution >= 0.6 is 34.8 Å². The first-order chi connectivity index (χ1) is 4.19. The van der Waals surface area contributed by atoms with E-state index in [9.17, 15) is 0 Å². The highest BCUT2D eigenvalue weighted by molar-refractivity contribution is 6.68. The smallest absolute Gasteiger partial charge is 0.0994 e. The largest absolute Gasteiger partial charge is 0.199 e. The van der Waals surface area contributed by atoms with Gasteiger partial charge in [-0.1, -0.05) is 60.8 Å². The standard InChI is InChI=1S/C7H11Cl3/c1-5(2)6(3,4)7(8,9)10/h1H2,2-4H3. The van der Waals surface area contributed by atoms with Crippen LogP contribution in [-0.4, -0.2) is 3.79 Å². The zero-order valence-electron chi connectivity index (χ0n) is 6.34. The molecule has 0 radical (unpaired) electrons. The average molecular weight is 202 g/mol. The van der Waals surface area contributed by atoms with Gasteiger partial charge in [0.2, 0.25) is 0 Å². The van der Waals surface area contributed by atoms with E-state index >= 15 is 0 Å². The fraction of sp³-hybridized carbons (Fsp3) is 0.714. The molecule has 0 saturated carbocycles. The summed E-state index contributed by atoms with van der Waals surface area (Å²) in [6.07, 6.45) is 0. The number of alkyl halides is 3. The van der Waals surface area contributed by atoms with Crippen LogP contribution in [0.1, 0.15) is 20.8 Å². The minimum Gasteiger partial charge on any atom is -0.0994 e. The van der Waals surface area contributed by atoms with Crippen molar-refractivity contribution in [2.24, 2.45) is 5.41 Å². The van der Waals surface area contributed by atoms with Gasteiger partial charge in [0.1, 0.15) is 0 Å². The molecule has 0 heterocycles. The van der Waals surface area contributed by atoms with Crippen molar-refractivity contribution < 1.29 is 0 Å². The van der Waals surface area contributed by atoms with Crippen molar-refractivity contribution >= 4 is 34.8 Å². The van der Waals surface area contributed by atoms with Crippen LogP contribution in [0.4, 0.5) is 0 Å². The summed E-state index contributed by atoms with van der Waals surface area (Å²) in [6, 6.07) is 0. The van der Waals surface area contributed by atoms with Gasteiger partial charge in [0, 0.05) is 5.41 Å². The highest BCUT2D eigenvalue weighted by Crippen LogP contribution is 2.47. The molecule has 0 spiro atoms. The SMILES string of the molecule is C=C(C)C(C)(C)C(Cl)(Cl)Cl. The molecule has 10 heavy (non-hydrogen) atoms. The van der Waals surface area contributed by atoms with E-state index in [1.807, 2.05) is 20.8 Å². The van der Waals surface area contributed by atoms with Gasteiger partial charge in [-0.15, -0.1) is 0 Å². The Bertz CT molecular complexity index is 141. The van der Waals surface area contributed by atoms with E-state index in [0.717, 1.165) is 5.57 Å². The minimum absolute atomic E-state index is 0.461. The maximum Gasteiger partial charge on any atom is 0.199 e. The van der Waals surface area contributed by atoms with E-state index in [4.69, 9.17) is 34.8 Å². The molecule has 0 rings (SSSR count). The third-order valence-corrected chi connectivity index (χ3v) is 3.19. The van der Waals surface area contributed by atoms with E-state index in [1.54, 1.807) is 0 Å². The van der Waals surface area contributed by atoms with Crippen molar-refractivity contribution in [2.75, 3.05) is 0 Å². The predicted octanol–water partition coefficient (Wildman–Crippen LogP) is 3.96. The van der Waals surface area contributed by atoms with E-state index in [1.165, 1.54) is 0 Å². The van der Waals surface area contributed by atoms with Gasteiger partial charge in [-0.3, -0.25) is 0 Å². The maximum atomic E-state index is 5.69. The second-order valence-electron chi connectivity index (χ2n) is 2.90. The summed E-state index contributed by atoms with van der Waals surface area (Å²) in [5, 5.41) is 0. The number of halogens is 3. The Hall–Kier alpha value is 0.610. The van der Waals surface area contributed by atoms with Gasteiger partial charge in [0.05, 0.1) is 0 Å². The second kappa shape index (κ2) is 2.92. The molecule has 0 aromatic rings. The Morgan fingerprint density at radius 3 is 1.50 bits per heavy atom. The fourth-order valence-electron chi connectivity index (χ4n) is 0.242. The van der Waals surface area contributed by atoms with E-state index < -0.39 is 9.21 Å². The monoisotopic (exact) mass is 200 g/mol. The Balaban J connectivity index is 4.57. The van der Waals surface area contributed by atoms with Crippen molar-refractivity contribution in [3.05, 3.63) is 12.2 Å². The maximum absolute atomic E-state index is 5.69. The molecular weight excluding hydrogens is 190 g/mol. The summed E-state index contributed by atoms with van der Waals surface area (Å²) < 4.78 is -1.27. The van der Waals surface area contributed by atoms with E-state index in [-0.39, 0.29) is 0 Å². The summed E-state index contributed by atoms with van der Waals surface area (Å²) in [5.74, 6) is 0. The molecule has 0 aliphatic heterocycles. The van der Waals surface area contributed by atoms with Crippen LogP contribution in [0, 0.1) is 5.41 Å². The normalized spacial score (nSPS) is 13.4. The summed E-state index contributed by atoms with van der Waals surface area (Å²) in [7, 11) is 0.